The SMILES string of the molecule is CCOC(=O)CC(O)C(O)c1ccc(CCC(=O)O)cc1. The van der Waals surface area contributed by atoms with Crippen LogP contribution in [0.2, 0.25) is 0 Å². The van der Waals surface area contributed by atoms with Crippen LogP contribution in [0.1, 0.15) is 37.0 Å². The van der Waals surface area contributed by atoms with Crippen molar-refractivity contribution in [3.05, 3.63) is 35.4 Å². The zero-order valence-corrected chi connectivity index (χ0v) is 11.9. The monoisotopic (exact) mass is 296 g/mol. The number of aryl methyl sites for hydroxylation is 1. The summed E-state index contributed by atoms with van der Waals surface area (Å²) in [5, 5.41) is 28.3. The molecule has 0 saturated carbocycles. The second-order valence-electron chi connectivity index (χ2n) is 4.66. The van der Waals surface area contributed by atoms with Crippen LogP contribution in [0.3, 0.4) is 0 Å². The van der Waals surface area contributed by atoms with E-state index in [9.17, 15) is 19.8 Å². The van der Waals surface area contributed by atoms with E-state index in [1.807, 2.05) is 0 Å². The molecular weight excluding hydrogens is 276 g/mol. The molecule has 0 amide bonds. The second kappa shape index (κ2) is 8.39. The predicted molar refractivity (Wildman–Crippen MR) is 74.6 cm³/mol. The van der Waals surface area contributed by atoms with Crippen LogP contribution in [0, 0.1) is 0 Å². The van der Waals surface area contributed by atoms with Gasteiger partial charge in [-0.2, -0.15) is 0 Å². The molecule has 6 heteroatoms. The highest BCUT2D eigenvalue weighted by Gasteiger charge is 2.22. The number of hydrogen-bond acceptors (Lipinski definition) is 5. The molecule has 0 aliphatic carbocycles. The average molecular weight is 296 g/mol. The van der Waals surface area contributed by atoms with E-state index in [-0.39, 0.29) is 19.4 Å². The molecule has 1 rings (SSSR count). The minimum atomic E-state index is -1.24. The van der Waals surface area contributed by atoms with Gasteiger partial charge in [-0.3, -0.25) is 9.59 Å². The van der Waals surface area contributed by atoms with Crippen molar-refractivity contribution in [1.29, 1.82) is 0 Å². The van der Waals surface area contributed by atoms with Crippen LogP contribution in [0.4, 0.5) is 0 Å². The van der Waals surface area contributed by atoms with Gasteiger partial charge in [0, 0.05) is 6.42 Å². The van der Waals surface area contributed by atoms with E-state index < -0.39 is 24.1 Å². The number of carboxylic acid groups (broad SMARTS) is 1. The molecule has 116 valence electrons. The third kappa shape index (κ3) is 5.93. The first-order valence-corrected chi connectivity index (χ1v) is 6.76. The van der Waals surface area contributed by atoms with Gasteiger partial charge in [0.15, 0.2) is 0 Å². The lowest BCUT2D eigenvalue weighted by Gasteiger charge is -2.17. The standard InChI is InChI=1S/C15H20O6/c1-2-21-14(19)9-12(16)15(20)11-6-3-10(4-7-11)5-8-13(17)18/h3-4,6-7,12,15-16,20H,2,5,8-9H2,1H3,(H,17,18). The number of hydrogen-bond donors (Lipinski definition) is 3. The van der Waals surface area contributed by atoms with Crippen molar-refractivity contribution in [3.8, 4) is 0 Å². The Morgan fingerprint density at radius 3 is 2.33 bits per heavy atom. The van der Waals surface area contributed by atoms with E-state index in [1.54, 1.807) is 31.2 Å². The molecule has 6 nitrogen and oxygen atoms in total. The molecule has 0 bridgehead atoms. The number of aliphatic carboxylic acids is 1. The number of carboxylic acids is 1. The maximum absolute atomic E-state index is 11.2. The summed E-state index contributed by atoms with van der Waals surface area (Å²) >= 11 is 0. The highest BCUT2D eigenvalue weighted by molar-refractivity contribution is 5.70. The van der Waals surface area contributed by atoms with Crippen LogP contribution >= 0.6 is 0 Å². The van der Waals surface area contributed by atoms with E-state index >= 15 is 0 Å². The molecule has 2 atom stereocenters. The Labute approximate surface area is 123 Å². The Kier molecular flexibility index (Phi) is 6.84. The van der Waals surface area contributed by atoms with Crippen LogP contribution in [0.15, 0.2) is 24.3 Å². The minimum absolute atomic E-state index is 0.0351. The zero-order valence-electron chi connectivity index (χ0n) is 11.9. The van der Waals surface area contributed by atoms with Crippen molar-refractivity contribution in [2.75, 3.05) is 6.61 Å². The van der Waals surface area contributed by atoms with Crippen molar-refractivity contribution in [2.45, 2.75) is 38.4 Å². The lowest BCUT2D eigenvalue weighted by atomic mass is 9.99. The summed E-state index contributed by atoms with van der Waals surface area (Å²) in [6.07, 6.45) is -2.28. The maximum Gasteiger partial charge on any atom is 0.308 e. The number of carbonyl (C=O) groups is 2. The largest absolute Gasteiger partial charge is 0.481 e. The number of rotatable bonds is 8. The number of aliphatic hydroxyl groups is 2. The molecule has 0 aliphatic heterocycles. The normalized spacial score (nSPS) is 13.5. The lowest BCUT2D eigenvalue weighted by molar-refractivity contribution is -0.147. The van der Waals surface area contributed by atoms with Crippen molar-refractivity contribution < 1.29 is 29.6 Å². The first kappa shape index (κ1) is 17.1. The zero-order chi connectivity index (χ0) is 15.8. The van der Waals surface area contributed by atoms with Gasteiger partial charge in [0.1, 0.15) is 6.10 Å². The van der Waals surface area contributed by atoms with Crippen LogP contribution in [0.5, 0.6) is 0 Å². The van der Waals surface area contributed by atoms with Crippen LogP contribution in [0.25, 0.3) is 0 Å². The summed E-state index contributed by atoms with van der Waals surface area (Å²) in [4.78, 5) is 21.7. The van der Waals surface area contributed by atoms with Crippen molar-refractivity contribution in [3.63, 3.8) is 0 Å². The molecule has 2 unspecified atom stereocenters. The third-order valence-electron chi connectivity index (χ3n) is 2.99. The quantitative estimate of drug-likeness (QED) is 0.619. The van der Waals surface area contributed by atoms with Gasteiger partial charge in [0.25, 0.3) is 0 Å². The molecular formula is C15H20O6. The highest BCUT2D eigenvalue weighted by Crippen LogP contribution is 2.20. The topological polar surface area (TPSA) is 104 Å². The summed E-state index contributed by atoms with van der Waals surface area (Å²) in [6.45, 7) is 1.89. The Balaban J connectivity index is 2.59. The Morgan fingerprint density at radius 1 is 1.19 bits per heavy atom. The van der Waals surface area contributed by atoms with Gasteiger partial charge >= 0.3 is 11.9 Å². The lowest BCUT2D eigenvalue weighted by Crippen LogP contribution is -2.23. The molecule has 1 aromatic rings. The van der Waals surface area contributed by atoms with Gasteiger partial charge in [0.2, 0.25) is 0 Å². The fourth-order valence-corrected chi connectivity index (χ4v) is 1.86. The number of benzene rings is 1. The highest BCUT2D eigenvalue weighted by atomic mass is 16.5. The van der Waals surface area contributed by atoms with E-state index in [1.165, 1.54) is 0 Å². The van der Waals surface area contributed by atoms with Crippen molar-refractivity contribution in [1.82, 2.24) is 0 Å². The molecule has 0 radical (unpaired) electrons. The predicted octanol–water partition coefficient (Wildman–Crippen LogP) is 1.05. The maximum atomic E-state index is 11.2. The molecule has 21 heavy (non-hydrogen) atoms. The summed E-state index contributed by atoms with van der Waals surface area (Å²) < 4.78 is 4.71. The molecule has 1 aromatic carbocycles. The van der Waals surface area contributed by atoms with E-state index in [0.717, 1.165) is 5.56 Å². The first-order chi connectivity index (χ1) is 9.93. The molecule has 0 aromatic heterocycles. The van der Waals surface area contributed by atoms with Gasteiger partial charge < -0.3 is 20.1 Å². The summed E-state index contributed by atoms with van der Waals surface area (Å²) in [5.74, 6) is -1.44. The molecule has 3 N–H and O–H groups in total. The average Bonchev–Trinajstić information content (AvgIpc) is 2.45. The molecule has 0 aliphatic rings. The van der Waals surface area contributed by atoms with Crippen LogP contribution in [-0.2, 0) is 20.7 Å². The first-order valence-electron chi connectivity index (χ1n) is 6.76. The number of esters is 1. The minimum Gasteiger partial charge on any atom is -0.481 e. The van der Waals surface area contributed by atoms with Crippen molar-refractivity contribution >= 4 is 11.9 Å². The van der Waals surface area contributed by atoms with Crippen LogP contribution in [-0.4, -0.2) is 40.0 Å². The fraction of sp³-hybridized carbons (Fsp3) is 0.467. The van der Waals surface area contributed by atoms with Gasteiger partial charge in [-0.1, -0.05) is 24.3 Å². The molecule has 0 heterocycles. The molecule has 0 fully saturated rings. The third-order valence-corrected chi connectivity index (χ3v) is 2.99. The Bertz CT molecular complexity index is 468. The molecule has 0 saturated heterocycles. The Hall–Kier alpha value is -1.92. The Morgan fingerprint density at radius 2 is 1.81 bits per heavy atom. The second-order valence-corrected chi connectivity index (χ2v) is 4.66. The summed E-state index contributed by atoms with van der Waals surface area (Å²) in [7, 11) is 0. The van der Waals surface area contributed by atoms with Gasteiger partial charge in [-0.05, 0) is 24.5 Å². The van der Waals surface area contributed by atoms with E-state index in [4.69, 9.17) is 9.84 Å². The van der Waals surface area contributed by atoms with Crippen molar-refractivity contribution in [2.24, 2.45) is 0 Å². The fourth-order valence-electron chi connectivity index (χ4n) is 1.86. The smallest absolute Gasteiger partial charge is 0.308 e. The molecule has 0 spiro atoms. The summed E-state index contributed by atoms with van der Waals surface area (Å²) in [5.41, 5.74) is 1.29. The van der Waals surface area contributed by atoms with E-state index in [0.29, 0.717) is 12.0 Å². The summed E-state index contributed by atoms with van der Waals surface area (Å²) in [6, 6.07) is 6.60. The van der Waals surface area contributed by atoms with E-state index in [2.05, 4.69) is 0 Å². The number of ether oxygens (including phenoxy) is 1. The van der Waals surface area contributed by atoms with Gasteiger partial charge in [0.05, 0.1) is 19.1 Å². The number of carbonyl (C=O) groups excluding carboxylic acids is 1. The number of aliphatic hydroxyl groups excluding tert-OH is 2. The van der Waals surface area contributed by atoms with Crippen LogP contribution < -0.4 is 0 Å². The van der Waals surface area contributed by atoms with Gasteiger partial charge in [-0.15, -0.1) is 0 Å². The van der Waals surface area contributed by atoms with Gasteiger partial charge in [-0.25, -0.2) is 0 Å².